The second kappa shape index (κ2) is 9.48. The van der Waals surface area contributed by atoms with Crippen LogP contribution in [0.3, 0.4) is 0 Å². The van der Waals surface area contributed by atoms with Crippen LogP contribution in [0.25, 0.3) is 11.1 Å². The van der Waals surface area contributed by atoms with Crippen molar-refractivity contribution in [2.45, 2.75) is 77.6 Å². The van der Waals surface area contributed by atoms with Gasteiger partial charge in [-0.3, -0.25) is 0 Å². The number of hydrogen-bond acceptors (Lipinski definition) is 0. The molecule has 2 aromatic rings. The molecule has 1 aliphatic rings. The Hall–Kier alpha value is -1.70. The molecule has 0 heterocycles. The summed E-state index contributed by atoms with van der Waals surface area (Å²) in [5.74, 6) is 0.0851. The highest BCUT2D eigenvalue weighted by molar-refractivity contribution is 5.65. The van der Waals surface area contributed by atoms with E-state index in [1.54, 1.807) is 12.1 Å². The Morgan fingerprint density at radius 2 is 1.52 bits per heavy atom. The first-order chi connectivity index (χ1) is 13.1. The molecule has 3 rings (SSSR count). The Kier molecular flexibility index (Phi) is 7.04. The fourth-order valence-corrected chi connectivity index (χ4v) is 4.49. The topological polar surface area (TPSA) is 0 Å². The van der Waals surface area contributed by atoms with Crippen molar-refractivity contribution in [3.63, 3.8) is 0 Å². The van der Waals surface area contributed by atoms with Crippen molar-refractivity contribution >= 4 is 0 Å². The van der Waals surface area contributed by atoms with E-state index in [0.717, 1.165) is 11.5 Å². The molecule has 146 valence electrons. The van der Waals surface area contributed by atoms with Gasteiger partial charge in [-0.05, 0) is 60.6 Å². The van der Waals surface area contributed by atoms with Gasteiger partial charge in [0, 0.05) is 5.56 Å². The molecule has 0 nitrogen and oxygen atoms in total. The first-order valence-electron chi connectivity index (χ1n) is 10.7. The van der Waals surface area contributed by atoms with Gasteiger partial charge in [0.05, 0.1) is 0 Å². The van der Waals surface area contributed by atoms with Crippen molar-refractivity contribution in [1.29, 1.82) is 0 Å². The van der Waals surface area contributed by atoms with Crippen LogP contribution in [0, 0.1) is 17.6 Å². The minimum Gasteiger partial charge on any atom is -0.203 e. The molecule has 0 aliphatic heterocycles. The molecule has 0 aromatic heterocycles. The molecule has 0 bridgehead atoms. The predicted molar refractivity (Wildman–Crippen MR) is 110 cm³/mol. The minimum absolute atomic E-state index is 0.357. The Morgan fingerprint density at radius 3 is 2.15 bits per heavy atom. The average molecular weight is 371 g/mol. The molecular weight excluding hydrogens is 338 g/mol. The van der Waals surface area contributed by atoms with Gasteiger partial charge in [-0.25, -0.2) is 8.78 Å². The second-order valence-corrected chi connectivity index (χ2v) is 8.09. The maximum atomic E-state index is 14.4. The van der Waals surface area contributed by atoms with Crippen LogP contribution in [0.15, 0.2) is 36.4 Å². The molecule has 0 spiro atoms. The molecule has 1 aliphatic carbocycles. The van der Waals surface area contributed by atoms with Crippen molar-refractivity contribution < 1.29 is 8.78 Å². The van der Waals surface area contributed by atoms with Crippen molar-refractivity contribution in [3.05, 3.63) is 59.2 Å². The number of halogens is 2. The summed E-state index contributed by atoms with van der Waals surface area (Å²) >= 11 is 0. The Balaban J connectivity index is 1.64. The van der Waals surface area contributed by atoms with Crippen LogP contribution in [0.5, 0.6) is 0 Å². The summed E-state index contributed by atoms with van der Waals surface area (Å²) in [4.78, 5) is 0. The van der Waals surface area contributed by atoms with E-state index in [-0.39, 0.29) is 0 Å². The standard InChI is InChI=1S/C25H32F2/c1-3-5-6-7-18-8-10-20(11-9-18)21-12-14-22(15-13-21)23-17-16-19(4-2)24(26)25(23)27/h12-18,20H,3-11H2,1-2H3/t18-,20-. The lowest BCUT2D eigenvalue weighted by molar-refractivity contribution is 0.303. The third-order valence-corrected chi connectivity index (χ3v) is 6.30. The largest absolute Gasteiger partial charge is 0.203 e. The number of rotatable bonds is 7. The first kappa shape index (κ1) is 20.0. The van der Waals surface area contributed by atoms with E-state index in [9.17, 15) is 8.78 Å². The smallest absolute Gasteiger partial charge is 0.166 e. The van der Waals surface area contributed by atoms with Gasteiger partial charge in [0.25, 0.3) is 0 Å². The fourth-order valence-electron chi connectivity index (χ4n) is 4.49. The summed E-state index contributed by atoms with van der Waals surface area (Å²) in [5, 5.41) is 0. The van der Waals surface area contributed by atoms with Gasteiger partial charge in [-0.1, -0.05) is 75.9 Å². The number of hydrogen-bond donors (Lipinski definition) is 0. The zero-order valence-electron chi connectivity index (χ0n) is 16.7. The molecule has 0 N–H and O–H groups in total. The Bertz CT molecular complexity index is 725. The average Bonchev–Trinajstić information content (AvgIpc) is 2.71. The van der Waals surface area contributed by atoms with E-state index in [2.05, 4.69) is 19.1 Å². The normalized spacial score (nSPS) is 20.0. The summed E-state index contributed by atoms with van der Waals surface area (Å²) in [5.41, 5.74) is 2.89. The monoisotopic (exact) mass is 370 g/mol. The lowest BCUT2D eigenvalue weighted by Crippen LogP contribution is -2.13. The van der Waals surface area contributed by atoms with Crippen LogP contribution in [-0.4, -0.2) is 0 Å². The summed E-state index contributed by atoms with van der Waals surface area (Å²) in [6.45, 7) is 4.10. The van der Waals surface area contributed by atoms with Gasteiger partial charge in [0.2, 0.25) is 0 Å². The molecular formula is C25H32F2. The van der Waals surface area contributed by atoms with Crippen LogP contribution < -0.4 is 0 Å². The van der Waals surface area contributed by atoms with Crippen LogP contribution in [0.4, 0.5) is 8.78 Å². The van der Waals surface area contributed by atoms with Crippen LogP contribution >= 0.6 is 0 Å². The maximum absolute atomic E-state index is 14.4. The second-order valence-electron chi connectivity index (χ2n) is 8.09. The van der Waals surface area contributed by atoms with Crippen molar-refractivity contribution in [2.75, 3.05) is 0 Å². The molecule has 0 amide bonds. The highest BCUT2D eigenvalue weighted by Gasteiger charge is 2.22. The summed E-state index contributed by atoms with van der Waals surface area (Å²) in [6, 6.07) is 11.5. The molecule has 0 radical (unpaired) electrons. The predicted octanol–water partition coefficient (Wildman–Crippen LogP) is 8.05. The van der Waals surface area contributed by atoms with E-state index >= 15 is 0 Å². The molecule has 1 fully saturated rings. The molecule has 2 heteroatoms. The van der Waals surface area contributed by atoms with Gasteiger partial charge in [-0.15, -0.1) is 0 Å². The number of unbranched alkanes of at least 4 members (excludes halogenated alkanes) is 2. The molecule has 2 aromatic carbocycles. The highest BCUT2D eigenvalue weighted by Crippen LogP contribution is 2.38. The van der Waals surface area contributed by atoms with Gasteiger partial charge < -0.3 is 0 Å². The van der Waals surface area contributed by atoms with Crippen LogP contribution in [0.2, 0.25) is 0 Å². The molecule has 1 saturated carbocycles. The van der Waals surface area contributed by atoms with Gasteiger partial charge >= 0.3 is 0 Å². The van der Waals surface area contributed by atoms with E-state index in [1.165, 1.54) is 56.9 Å². The maximum Gasteiger partial charge on any atom is 0.166 e. The summed E-state index contributed by atoms with van der Waals surface area (Å²) < 4.78 is 28.5. The van der Waals surface area contributed by atoms with Gasteiger partial charge in [-0.2, -0.15) is 0 Å². The minimum atomic E-state index is -0.727. The lowest BCUT2D eigenvalue weighted by atomic mass is 9.77. The quantitative estimate of drug-likeness (QED) is 0.432. The van der Waals surface area contributed by atoms with Crippen molar-refractivity contribution in [1.82, 2.24) is 0 Å². The summed E-state index contributed by atoms with van der Waals surface area (Å²) in [6.07, 6.45) is 11.1. The molecule has 27 heavy (non-hydrogen) atoms. The fraction of sp³-hybridized carbons (Fsp3) is 0.520. The van der Waals surface area contributed by atoms with E-state index < -0.39 is 11.6 Å². The number of aryl methyl sites for hydroxylation is 1. The summed E-state index contributed by atoms with van der Waals surface area (Å²) in [7, 11) is 0. The molecule has 0 unspecified atom stereocenters. The van der Waals surface area contributed by atoms with Crippen LogP contribution in [0.1, 0.15) is 82.3 Å². The zero-order chi connectivity index (χ0) is 19.2. The Labute approximate surface area is 163 Å². The van der Waals surface area contributed by atoms with Crippen molar-refractivity contribution in [3.8, 4) is 11.1 Å². The third-order valence-electron chi connectivity index (χ3n) is 6.30. The Morgan fingerprint density at radius 1 is 0.815 bits per heavy atom. The van der Waals surface area contributed by atoms with E-state index in [4.69, 9.17) is 0 Å². The number of benzene rings is 2. The zero-order valence-corrected chi connectivity index (χ0v) is 16.7. The van der Waals surface area contributed by atoms with Gasteiger partial charge in [0.15, 0.2) is 11.6 Å². The van der Waals surface area contributed by atoms with E-state index in [0.29, 0.717) is 23.5 Å². The first-order valence-corrected chi connectivity index (χ1v) is 10.7. The molecule has 0 atom stereocenters. The van der Waals surface area contributed by atoms with E-state index in [1.807, 2.05) is 19.1 Å². The molecule has 0 saturated heterocycles. The third kappa shape index (κ3) is 4.78. The lowest BCUT2D eigenvalue weighted by Gasteiger charge is -2.29. The van der Waals surface area contributed by atoms with Gasteiger partial charge in [0.1, 0.15) is 0 Å². The van der Waals surface area contributed by atoms with Crippen molar-refractivity contribution in [2.24, 2.45) is 5.92 Å². The SMILES string of the molecule is CCCCC[C@H]1CC[C@H](c2ccc(-c3ccc(CC)c(F)c3F)cc2)CC1. The van der Waals surface area contributed by atoms with Crippen LogP contribution in [-0.2, 0) is 6.42 Å². The highest BCUT2D eigenvalue weighted by atomic mass is 19.2.